The predicted octanol–water partition coefficient (Wildman–Crippen LogP) is 2.57. The van der Waals surface area contributed by atoms with E-state index in [2.05, 4.69) is 5.32 Å². The van der Waals surface area contributed by atoms with Crippen LogP contribution >= 0.6 is 0 Å². The van der Waals surface area contributed by atoms with Crippen molar-refractivity contribution in [2.75, 3.05) is 6.61 Å². The van der Waals surface area contributed by atoms with Crippen molar-refractivity contribution in [2.45, 2.75) is 84.0 Å². The number of esters is 1. The number of carbonyl (C=O) groups is 2. The molecule has 0 radical (unpaired) electrons. The Morgan fingerprint density at radius 3 is 2.50 bits per heavy atom. The Bertz CT molecular complexity index is 403. The highest BCUT2D eigenvalue weighted by atomic mass is 16.6. The molecule has 2 saturated carbocycles. The zero-order valence-electron chi connectivity index (χ0n) is 14.0. The van der Waals surface area contributed by atoms with E-state index >= 15 is 0 Å². The minimum absolute atomic E-state index is 0.00156. The van der Waals surface area contributed by atoms with Crippen LogP contribution in [0.5, 0.6) is 0 Å². The third-order valence-electron chi connectivity index (χ3n) is 4.87. The molecule has 0 aromatic heterocycles. The van der Waals surface area contributed by atoms with Gasteiger partial charge in [0, 0.05) is 37.3 Å². The van der Waals surface area contributed by atoms with E-state index in [1.807, 2.05) is 20.8 Å². The van der Waals surface area contributed by atoms with Gasteiger partial charge in [0.25, 0.3) is 0 Å². The van der Waals surface area contributed by atoms with Crippen molar-refractivity contribution < 1.29 is 19.1 Å². The molecule has 0 heterocycles. The Balaban J connectivity index is 1.67. The van der Waals surface area contributed by atoms with Gasteiger partial charge in [-0.25, -0.2) is 0 Å². The highest BCUT2D eigenvalue weighted by molar-refractivity contribution is 5.77. The fourth-order valence-electron chi connectivity index (χ4n) is 3.55. The van der Waals surface area contributed by atoms with Gasteiger partial charge >= 0.3 is 5.97 Å². The van der Waals surface area contributed by atoms with Gasteiger partial charge in [-0.2, -0.15) is 0 Å². The first-order valence-electron chi connectivity index (χ1n) is 8.58. The molecule has 22 heavy (non-hydrogen) atoms. The molecular formula is C17H29NO4. The van der Waals surface area contributed by atoms with Crippen LogP contribution in [0, 0.1) is 5.41 Å². The molecule has 0 saturated heterocycles. The maximum atomic E-state index is 11.9. The first-order valence-corrected chi connectivity index (χ1v) is 8.58. The van der Waals surface area contributed by atoms with Crippen LogP contribution in [0.15, 0.2) is 0 Å². The summed E-state index contributed by atoms with van der Waals surface area (Å²) in [5.41, 5.74) is 0.0979. The second kappa shape index (κ2) is 7.44. The van der Waals surface area contributed by atoms with Gasteiger partial charge in [0.15, 0.2) is 0 Å². The lowest BCUT2D eigenvalue weighted by molar-refractivity contribution is -0.238. The number of carbonyl (C=O) groups excluding carboxylic acids is 2. The SMILES string of the molecule is CCO[C@@H]1C[C@H](OC(=O)CCCC(=O)NC(C)C)C12CCC2. The van der Waals surface area contributed by atoms with Crippen LogP contribution in [-0.2, 0) is 19.1 Å². The summed E-state index contributed by atoms with van der Waals surface area (Å²) < 4.78 is 11.4. The van der Waals surface area contributed by atoms with Crippen LogP contribution in [0.1, 0.15) is 65.7 Å². The Morgan fingerprint density at radius 1 is 1.23 bits per heavy atom. The van der Waals surface area contributed by atoms with E-state index in [0.717, 1.165) is 25.9 Å². The van der Waals surface area contributed by atoms with Crippen LogP contribution in [-0.4, -0.2) is 36.7 Å². The molecule has 126 valence electrons. The molecular weight excluding hydrogens is 282 g/mol. The van der Waals surface area contributed by atoms with Crippen LogP contribution in [0.25, 0.3) is 0 Å². The van der Waals surface area contributed by atoms with E-state index in [4.69, 9.17) is 9.47 Å². The molecule has 2 aliphatic carbocycles. The first-order chi connectivity index (χ1) is 10.5. The molecule has 0 unspecified atom stereocenters. The summed E-state index contributed by atoms with van der Waals surface area (Å²) in [6.45, 7) is 6.58. The van der Waals surface area contributed by atoms with Crippen LogP contribution < -0.4 is 5.32 Å². The second-order valence-corrected chi connectivity index (χ2v) is 6.82. The maximum absolute atomic E-state index is 11.9. The van der Waals surface area contributed by atoms with Crippen molar-refractivity contribution >= 4 is 11.9 Å². The van der Waals surface area contributed by atoms with Crippen LogP contribution in [0.3, 0.4) is 0 Å². The molecule has 0 aliphatic heterocycles. The average molecular weight is 311 g/mol. The molecule has 1 spiro atoms. The van der Waals surface area contributed by atoms with Gasteiger partial charge in [0.05, 0.1) is 6.10 Å². The van der Waals surface area contributed by atoms with Gasteiger partial charge in [-0.05, 0) is 40.0 Å². The molecule has 2 rings (SSSR count). The molecule has 2 fully saturated rings. The number of nitrogens with one attached hydrogen (secondary N) is 1. The second-order valence-electron chi connectivity index (χ2n) is 6.82. The first kappa shape index (κ1) is 17.3. The maximum Gasteiger partial charge on any atom is 0.306 e. The summed E-state index contributed by atoms with van der Waals surface area (Å²) in [6.07, 6.45) is 5.77. The van der Waals surface area contributed by atoms with E-state index in [0.29, 0.717) is 19.3 Å². The summed E-state index contributed by atoms with van der Waals surface area (Å²) in [7, 11) is 0. The molecule has 5 nitrogen and oxygen atoms in total. The topological polar surface area (TPSA) is 64.6 Å². The Kier molecular flexibility index (Phi) is 5.84. The monoisotopic (exact) mass is 311 g/mol. The zero-order chi connectivity index (χ0) is 16.2. The van der Waals surface area contributed by atoms with E-state index in [-0.39, 0.29) is 35.5 Å². The van der Waals surface area contributed by atoms with E-state index in [1.165, 1.54) is 6.42 Å². The lowest BCUT2D eigenvalue weighted by Gasteiger charge is -2.59. The van der Waals surface area contributed by atoms with Crippen molar-refractivity contribution in [1.29, 1.82) is 0 Å². The van der Waals surface area contributed by atoms with Crippen molar-refractivity contribution in [1.82, 2.24) is 5.32 Å². The third kappa shape index (κ3) is 3.80. The number of hydrogen-bond donors (Lipinski definition) is 1. The zero-order valence-corrected chi connectivity index (χ0v) is 14.0. The lowest BCUT2D eigenvalue weighted by Crippen LogP contribution is -2.63. The Labute approximate surface area is 133 Å². The van der Waals surface area contributed by atoms with Crippen LogP contribution in [0.4, 0.5) is 0 Å². The lowest BCUT2D eigenvalue weighted by atomic mass is 9.52. The largest absolute Gasteiger partial charge is 0.462 e. The normalized spacial score (nSPS) is 25.5. The smallest absolute Gasteiger partial charge is 0.306 e. The van der Waals surface area contributed by atoms with E-state index < -0.39 is 0 Å². The summed E-state index contributed by atoms with van der Waals surface area (Å²) in [5.74, 6) is -0.179. The van der Waals surface area contributed by atoms with Crippen LogP contribution in [0.2, 0.25) is 0 Å². The molecule has 1 amide bonds. The number of hydrogen-bond acceptors (Lipinski definition) is 4. The minimum Gasteiger partial charge on any atom is -0.462 e. The van der Waals surface area contributed by atoms with Crippen molar-refractivity contribution in [3.05, 3.63) is 0 Å². The summed E-state index contributed by atoms with van der Waals surface area (Å²) in [4.78, 5) is 23.5. The predicted molar refractivity (Wildman–Crippen MR) is 83.3 cm³/mol. The molecule has 0 aromatic rings. The van der Waals surface area contributed by atoms with Crippen molar-refractivity contribution in [2.24, 2.45) is 5.41 Å². The fraction of sp³-hybridized carbons (Fsp3) is 0.882. The Morgan fingerprint density at radius 2 is 1.95 bits per heavy atom. The fourth-order valence-corrected chi connectivity index (χ4v) is 3.55. The van der Waals surface area contributed by atoms with E-state index in [9.17, 15) is 9.59 Å². The molecule has 5 heteroatoms. The molecule has 1 N–H and O–H groups in total. The average Bonchev–Trinajstić information content (AvgIpc) is 2.34. The highest BCUT2D eigenvalue weighted by Crippen LogP contribution is 2.58. The minimum atomic E-state index is -0.177. The van der Waals surface area contributed by atoms with Gasteiger partial charge in [-0.3, -0.25) is 9.59 Å². The summed E-state index contributed by atoms with van der Waals surface area (Å²) in [6, 6.07) is 0.142. The summed E-state index contributed by atoms with van der Waals surface area (Å²) in [5, 5.41) is 2.82. The van der Waals surface area contributed by atoms with Gasteiger partial charge in [0.1, 0.15) is 6.10 Å². The molecule has 2 aliphatic rings. The van der Waals surface area contributed by atoms with Crippen molar-refractivity contribution in [3.8, 4) is 0 Å². The quantitative estimate of drug-likeness (QED) is 0.700. The number of amides is 1. The van der Waals surface area contributed by atoms with Gasteiger partial charge in [-0.15, -0.1) is 0 Å². The molecule has 2 atom stereocenters. The highest BCUT2D eigenvalue weighted by Gasteiger charge is 2.60. The Hall–Kier alpha value is -1.10. The molecule has 0 bridgehead atoms. The number of rotatable bonds is 8. The molecule has 0 aromatic carbocycles. The summed E-state index contributed by atoms with van der Waals surface area (Å²) >= 11 is 0. The number of ether oxygens (including phenoxy) is 2. The standard InChI is InChI=1S/C17H29NO4/c1-4-21-13-11-14(17(13)9-6-10-17)22-16(20)8-5-7-15(19)18-12(2)3/h12-14H,4-11H2,1-3H3,(H,18,19)/t13-,14+/m1/s1. The van der Waals surface area contributed by atoms with E-state index in [1.54, 1.807) is 0 Å². The third-order valence-corrected chi connectivity index (χ3v) is 4.87. The van der Waals surface area contributed by atoms with Gasteiger partial charge in [0.2, 0.25) is 5.91 Å². The van der Waals surface area contributed by atoms with Gasteiger partial charge in [-0.1, -0.05) is 6.42 Å². The van der Waals surface area contributed by atoms with Gasteiger partial charge < -0.3 is 14.8 Å². The van der Waals surface area contributed by atoms with Crippen molar-refractivity contribution in [3.63, 3.8) is 0 Å².